The van der Waals surface area contributed by atoms with Gasteiger partial charge in [-0.1, -0.05) is 0 Å². The molecule has 1 amide bonds. The van der Waals surface area contributed by atoms with E-state index in [9.17, 15) is 9.59 Å². The third-order valence-electron chi connectivity index (χ3n) is 2.99. The van der Waals surface area contributed by atoms with Gasteiger partial charge in [-0.15, -0.1) is 0 Å². The Bertz CT molecular complexity index is 547. The molecule has 0 spiro atoms. The number of amides is 1. The molecule has 1 aliphatic rings. The Kier molecular flexibility index (Phi) is 4.15. The fourth-order valence-electron chi connectivity index (χ4n) is 1.99. The number of aliphatic carboxylic acids is 1. The van der Waals surface area contributed by atoms with Crippen LogP contribution in [-0.2, 0) is 9.59 Å². The van der Waals surface area contributed by atoms with Gasteiger partial charge >= 0.3 is 5.97 Å². The van der Waals surface area contributed by atoms with Gasteiger partial charge in [0.15, 0.2) is 0 Å². The molecular formula is C12H11Br2NO4. The Morgan fingerprint density at radius 1 is 1.42 bits per heavy atom. The van der Waals surface area contributed by atoms with Crippen molar-refractivity contribution in [2.75, 3.05) is 18.6 Å². The van der Waals surface area contributed by atoms with Crippen LogP contribution in [0.25, 0.3) is 0 Å². The second kappa shape index (κ2) is 5.50. The number of rotatable bonds is 3. The van der Waals surface area contributed by atoms with Gasteiger partial charge < -0.3 is 14.7 Å². The summed E-state index contributed by atoms with van der Waals surface area (Å²) in [6, 6.07) is 3.48. The molecule has 0 aromatic heterocycles. The molecule has 1 fully saturated rings. The number of methoxy groups -OCH3 is 1. The van der Waals surface area contributed by atoms with Crippen molar-refractivity contribution in [3.63, 3.8) is 0 Å². The van der Waals surface area contributed by atoms with Gasteiger partial charge in [0.1, 0.15) is 5.75 Å². The minimum atomic E-state index is -0.948. The van der Waals surface area contributed by atoms with Crippen LogP contribution < -0.4 is 9.64 Å². The summed E-state index contributed by atoms with van der Waals surface area (Å²) < 4.78 is 6.65. The lowest BCUT2D eigenvalue weighted by molar-refractivity contribution is -0.141. The second-order valence-corrected chi connectivity index (χ2v) is 5.89. The number of hydrogen-bond donors (Lipinski definition) is 1. The van der Waals surface area contributed by atoms with E-state index in [0.717, 1.165) is 4.47 Å². The third-order valence-corrected chi connectivity index (χ3v) is 4.24. The summed E-state index contributed by atoms with van der Waals surface area (Å²) in [5.41, 5.74) is 0.619. The molecule has 0 aliphatic carbocycles. The van der Waals surface area contributed by atoms with Crippen LogP contribution in [0.3, 0.4) is 0 Å². The number of nitrogens with zero attached hydrogens (tertiary/aromatic N) is 1. The van der Waals surface area contributed by atoms with E-state index < -0.39 is 11.9 Å². The molecule has 1 heterocycles. The molecule has 1 saturated heterocycles. The Morgan fingerprint density at radius 3 is 2.63 bits per heavy atom. The van der Waals surface area contributed by atoms with Gasteiger partial charge in [0, 0.05) is 23.5 Å². The highest BCUT2D eigenvalue weighted by atomic mass is 79.9. The first-order valence-corrected chi connectivity index (χ1v) is 7.09. The van der Waals surface area contributed by atoms with Gasteiger partial charge in [-0.25, -0.2) is 0 Å². The number of ether oxygens (including phenoxy) is 1. The summed E-state index contributed by atoms with van der Waals surface area (Å²) in [5.74, 6) is -1.22. The van der Waals surface area contributed by atoms with Crippen molar-refractivity contribution in [1.29, 1.82) is 0 Å². The SMILES string of the molecule is COc1cc(N2CC(C(=O)O)CC2=O)c(Br)cc1Br. The molecule has 19 heavy (non-hydrogen) atoms. The third kappa shape index (κ3) is 2.76. The van der Waals surface area contributed by atoms with Crippen molar-refractivity contribution in [2.24, 2.45) is 5.92 Å². The van der Waals surface area contributed by atoms with E-state index in [4.69, 9.17) is 9.84 Å². The van der Waals surface area contributed by atoms with Crippen LogP contribution in [0.15, 0.2) is 21.1 Å². The van der Waals surface area contributed by atoms with Gasteiger partial charge in [0.2, 0.25) is 5.91 Å². The molecule has 1 N–H and O–H groups in total. The van der Waals surface area contributed by atoms with Crippen molar-refractivity contribution in [2.45, 2.75) is 6.42 Å². The van der Waals surface area contributed by atoms with E-state index in [1.807, 2.05) is 0 Å². The van der Waals surface area contributed by atoms with E-state index in [1.54, 1.807) is 12.1 Å². The van der Waals surface area contributed by atoms with Gasteiger partial charge in [-0.3, -0.25) is 9.59 Å². The molecule has 1 aromatic rings. The average Bonchev–Trinajstić information content (AvgIpc) is 2.72. The maximum atomic E-state index is 11.9. The molecule has 5 nitrogen and oxygen atoms in total. The zero-order chi connectivity index (χ0) is 14.2. The van der Waals surface area contributed by atoms with Crippen LogP contribution in [0.2, 0.25) is 0 Å². The Hall–Kier alpha value is -1.08. The number of halogens is 2. The van der Waals surface area contributed by atoms with Crippen LogP contribution in [0.5, 0.6) is 5.75 Å². The van der Waals surface area contributed by atoms with Crippen molar-refractivity contribution in [3.05, 3.63) is 21.1 Å². The van der Waals surface area contributed by atoms with Crippen molar-refractivity contribution in [1.82, 2.24) is 0 Å². The summed E-state index contributed by atoms with van der Waals surface area (Å²) in [7, 11) is 1.53. The van der Waals surface area contributed by atoms with Crippen LogP contribution >= 0.6 is 31.9 Å². The van der Waals surface area contributed by atoms with Gasteiger partial charge in [-0.05, 0) is 37.9 Å². The standard InChI is InChI=1S/C12H11Br2NO4/c1-19-10-4-9(7(13)3-8(10)14)15-5-6(12(17)18)2-11(15)16/h3-4,6H,2,5H2,1H3,(H,17,18). The van der Waals surface area contributed by atoms with Crippen LogP contribution in [-0.4, -0.2) is 30.6 Å². The number of carbonyl (C=O) groups is 2. The van der Waals surface area contributed by atoms with Gasteiger partial charge in [0.25, 0.3) is 0 Å². The number of benzene rings is 1. The Labute approximate surface area is 126 Å². The number of hydrogen-bond acceptors (Lipinski definition) is 3. The summed E-state index contributed by atoms with van der Waals surface area (Å²) in [5, 5.41) is 8.99. The monoisotopic (exact) mass is 391 g/mol. The number of carboxylic acids is 1. The summed E-state index contributed by atoms with van der Waals surface area (Å²) >= 11 is 6.73. The number of carbonyl (C=O) groups excluding carboxylic acids is 1. The molecular weight excluding hydrogens is 382 g/mol. The first kappa shape index (κ1) is 14.3. The fourth-order valence-corrected chi connectivity index (χ4v) is 3.36. The summed E-state index contributed by atoms with van der Waals surface area (Å²) in [4.78, 5) is 24.3. The van der Waals surface area contributed by atoms with Crippen molar-refractivity contribution in [3.8, 4) is 5.75 Å². The van der Waals surface area contributed by atoms with E-state index in [2.05, 4.69) is 31.9 Å². The lowest BCUT2D eigenvalue weighted by atomic mass is 10.1. The van der Waals surface area contributed by atoms with Gasteiger partial charge in [-0.2, -0.15) is 0 Å². The molecule has 1 aromatic carbocycles. The minimum Gasteiger partial charge on any atom is -0.495 e. The highest BCUT2D eigenvalue weighted by molar-refractivity contribution is 9.11. The predicted molar refractivity (Wildman–Crippen MR) is 76.5 cm³/mol. The van der Waals surface area contributed by atoms with E-state index >= 15 is 0 Å². The zero-order valence-corrected chi connectivity index (χ0v) is 13.2. The van der Waals surface area contributed by atoms with Crippen LogP contribution in [0, 0.1) is 5.92 Å². The molecule has 1 atom stereocenters. The maximum absolute atomic E-state index is 11.9. The predicted octanol–water partition coefficient (Wildman–Crippen LogP) is 2.66. The first-order valence-electron chi connectivity index (χ1n) is 5.50. The molecule has 102 valence electrons. The maximum Gasteiger partial charge on any atom is 0.308 e. The summed E-state index contributed by atoms with van der Waals surface area (Å²) in [6.45, 7) is 0.178. The normalized spacial score (nSPS) is 18.8. The van der Waals surface area contributed by atoms with Crippen molar-refractivity contribution >= 4 is 49.4 Å². The van der Waals surface area contributed by atoms with Crippen molar-refractivity contribution < 1.29 is 19.4 Å². The van der Waals surface area contributed by atoms with Gasteiger partial charge in [0.05, 0.1) is 23.2 Å². The average molecular weight is 393 g/mol. The lowest BCUT2D eigenvalue weighted by Gasteiger charge is -2.19. The first-order chi connectivity index (χ1) is 8.93. The van der Waals surface area contributed by atoms with E-state index in [-0.39, 0.29) is 18.9 Å². The molecule has 0 radical (unpaired) electrons. The second-order valence-electron chi connectivity index (χ2n) is 4.18. The molecule has 1 unspecified atom stereocenters. The van der Waals surface area contributed by atoms with Crippen LogP contribution in [0.1, 0.15) is 6.42 Å². The van der Waals surface area contributed by atoms with E-state index in [1.165, 1.54) is 12.0 Å². The highest BCUT2D eigenvalue weighted by Gasteiger charge is 2.36. The quantitative estimate of drug-likeness (QED) is 0.858. The zero-order valence-electron chi connectivity index (χ0n) is 10.0. The molecule has 0 bridgehead atoms. The smallest absolute Gasteiger partial charge is 0.308 e. The number of carboxylic acid groups (broad SMARTS) is 1. The fraction of sp³-hybridized carbons (Fsp3) is 0.333. The summed E-state index contributed by atoms with van der Waals surface area (Å²) in [6.07, 6.45) is 0.0279. The Balaban J connectivity index is 2.37. The molecule has 0 saturated carbocycles. The van der Waals surface area contributed by atoms with Crippen LogP contribution in [0.4, 0.5) is 5.69 Å². The topological polar surface area (TPSA) is 66.8 Å². The highest BCUT2D eigenvalue weighted by Crippen LogP contribution is 2.38. The van der Waals surface area contributed by atoms with E-state index in [0.29, 0.717) is 15.9 Å². The lowest BCUT2D eigenvalue weighted by Crippen LogP contribution is -2.26. The Morgan fingerprint density at radius 2 is 2.11 bits per heavy atom. The largest absolute Gasteiger partial charge is 0.495 e. The molecule has 2 rings (SSSR count). The number of anilines is 1. The minimum absolute atomic E-state index is 0.0279. The molecule has 1 aliphatic heterocycles. The molecule has 7 heteroatoms.